The van der Waals surface area contributed by atoms with Crippen molar-refractivity contribution in [2.75, 3.05) is 13.7 Å². The second-order valence-electron chi connectivity index (χ2n) is 7.04. The highest BCUT2D eigenvalue weighted by atomic mass is 16.5. The van der Waals surface area contributed by atoms with Crippen LogP contribution in [0, 0.1) is 11.3 Å². The highest BCUT2D eigenvalue weighted by Crippen LogP contribution is 2.34. The van der Waals surface area contributed by atoms with E-state index < -0.39 is 5.97 Å². The number of aromatic carboxylic acids is 1. The fourth-order valence-electron chi connectivity index (χ4n) is 3.34. The summed E-state index contributed by atoms with van der Waals surface area (Å²) in [4.78, 5) is 32.3. The molecule has 0 radical (unpaired) electrons. The van der Waals surface area contributed by atoms with Gasteiger partial charge in [-0.2, -0.15) is 5.26 Å². The van der Waals surface area contributed by atoms with E-state index in [1.165, 1.54) is 29.2 Å². The molecule has 33 heavy (non-hydrogen) atoms. The Morgan fingerprint density at radius 1 is 1.18 bits per heavy atom. The Labute approximate surface area is 188 Å². The second kappa shape index (κ2) is 9.20. The molecular formula is C24H18N4O5. The van der Waals surface area contributed by atoms with E-state index in [1.54, 1.807) is 43.5 Å². The molecule has 2 aromatic carbocycles. The van der Waals surface area contributed by atoms with E-state index in [4.69, 9.17) is 14.7 Å². The van der Waals surface area contributed by atoms with E-state index in [-0.39, 0.29) is 30.0 Å². The van der Waals surface area contributed by atoms with Gasteiger partial charge in [-0.25, -0.2) is 14.8 Å². The third kappa shape index (κ3) is 4.50. The Kier molecular flexibility index (Phi) is 6.00. The van der Waals surface area contributed by atoms with Crippen LogP contribution in [0.25, 0.3) is 22.0 Å². The number of hydrogen-bond acceptors (Lipinski definition) is 7. The van der Waals surface area contributed by atoms with Crippen LogP contribution in [0.15, 0.2) is 65.8 Å². The van der Waals surface area contributed by atoms with Gasteiger partial charge in [-0.15, -0.1) is 0 Å². The zero-order valence-electron chi connectivity index (χ0n) is 17.6. The number of ether oxygens (including phenoxy) is 2. The molecule has 164 valence electrons. The van der Waals surface area contributed by atoms with Crippen molar-refractivity contribution >= 4 is 16.9 Å². The molecule has 0 amide bonds. The van der Waals surface area contributed by atoms with Gasteiger partial charge in [0.1, 0.15) is 29.9 Å². The first-order valence-electron chi connectivity index (χ1n) is 9.90. The number of fused-ring (bicyclic) bond motifs is 1. The molecule has 0 aliphatic heterocycles. The van der Waals surface area contributed by atoms with Crippen LogP contribution in [-0.4, -0.2) is 39.3 Å². The molecule has 0 bridgehead atoms. The summed E-state index contributed by atoms with van der Waals surface area (Å²) in [6.45, 7) is 0.369. The highest BCUT2D eigenvalue weighted by molar-refractivity contribution is 5.90. The van der Waals surface area contributed by atoms with E-state index in [9.17, 15) is 14.7 Å². The van der Waals surface area contributed by atoms with Crippen LogP contribution < -0.4 is 15.0 Å². The SMILES string of the molecule is COc1ccc(OCCn2cnc3cnc(C#N)cc3c2=O)c(-c2cccc(C(=O)O)c2)c1. The Hall–Kier alpha value is -4.71. The molecule has 2 heterocycles. The topological polar surface area (TPSA) is 127 Å². The molecule has 0 atom stereocenters. The van der Waals surface area contributed by atoms with Crippen molar-refractivity contribution < 1.29 is 19.4 Å². The molecule has 0 aliphatic rings. The Morgan fingerprint density at radius 3 is 2.79 bits per heavy atom. The number of aromatic nitrogens is 3. The maximum Gasteiger partial charge on any atom is 0.335 e. The summed E-state index contributed by atoms with van der Waals surface area (Å²) in [5.74, 6) is 0.0752. The molecule has 4 aromatic rings. The number of benzene rings is 2. The first-order chi connectivity index (χ1) is 16.0. The van der Waals surface area contributed by atoms with Crippen LogP contribution in [0.1, 0.15) is 16.1 Å². The highest BCUT2D eigenvalue weighted by Gasteiger charge is 2.12. The predicted octanol–water partition coefficient (Wildman–Crippen LogP) is 3.12. The fraction of sp³-hybridized carbons (Fsp3) is 0.125. The molecule has 4 rings (SSSR count). The van der Waals surface area contributed by atoms with Crippen molar-refractivity contribution in [1.29, 1.82) is 5.26 Å². The van der Waals surface area contributed by atoms with Gasteiger partial charge in [-0.05, 0) is 42.0 Å². The Bertz CT molecular complexity index is 1460. The molecule has 0 saturated carbocycles. The van der Waals surface area contributed by atoms with E-state index >= 15 is 0 Å². The second-order valence-corrected chi connectivity index (χ2v) is 7.04. The fourth-order valence-corrected chi connectivity index (χ4v) is 3.34. The molecule has 0 fully saturated rings. The van der Waals surface area contributed by atoms with Crippen molar-refractivity contribution in [1.82, 2.24) is 14.5 Å². The molecule has 0 aliphatic carbocycles. The van der Waals surface area contributed by atoms with Crippen LogP contribution in [0.2, 0.25) is 0 Å². The van der Waals surface area contributed by atoms with Gasteiger partial charge in [0.15, 0.2) is 0 Å². The third-order valence-electron chi connectivity index (χ3n) is 5.02. The minimum absolute atomic E-state index is 0.141. The zero-order valence-corrected chi connectivity index (χ0v) is 17.6. The summed E-state index contributed by atoms with van der Waals surface area (Å²) >= 11 is 0. The molecule has 9 heteroatoms. The average Bonchev–Trinajstić information content (AvgIpc) is 2.85. The van der Waals surface area contributed by atoms with Crippen molar-refractivity contribution in [3.8, 4) is 28.7 Å². The lowest BCUT2D eigenvalue weighted by Crippen LogP contribution is -2.23. The number of methoxy groups -OCH3 is 1. The van der Waals surface area contributed by atoms with Crippen LogP contribution in [0.3, 0.4) is 0 Å². The number of carboxylic acids is 1. The molecule has 2 aromatic heterocycles. The van der Waals surface area contributed by atoms with Crippen molar-refractivity contribution in [2.45, 2.75) is 6.54 Å². The zero-order chi connectivity index (χ0) is 23.4. The largest absolute Gasteiger partial charge is 0.497 e. The van der Waals surface area contributed by atoms with Crippen molar-refractivity contribution in [2.24, 2.45) is 0 Å². The normalized spacial score (nSPS) is 10.5. The van der Waals surface area contributed by atoms with Gasteiger partial charge in [-0.1, -0.05) is 12.1 Å². The van der Waals surface area contributed by atoms with Crippen molar-refractivity contribution in [3.05, 3.63) is 82.7 Å². The summed E-state index contributed by atoms with van der Waals surface area (Å²) in [5.41, 5.74) is 1.72. The number of pyridine rings is 1. The third-order valence-corrected chi connectivity index (χ3v) is 5.02. The first-order valence-corrected chi connectivity index (χ1v) is 9.90. The summed E-state index contributed by atoms with van der Waals surface area (Å²) < 4.78 is 12.7. The molecular weight excluding hydrogens is 424 g/mol. The molecule has 0 spiro atoms. The van der Waals surface area contributed by atoms with Gasteiger partial charge < -0.3 is 14.6 Å². The lowest BCUT2D eigenvalue weighted by molar-refractivity contribution is 0.0697. The molecule has 1 N–H and O–H groups in total. The number of nitrogens with zero attached hydrogens (tertiary/aromatic N) is 4. The van der Waals surface area contributed by atoms with E-state index in [2.05, 4.69) is 9.97 Å². The van der Waals surface area contributed by atoms with Crippen LogP contribution in [0.5, 0.6) is 11.5 Å². The minimum Gasteiger partial charge on any atom is -0.497 e. The number of rotatable bonds is 7. The number of nitriles is 1. The van der Waals surface area contributed by atoms with E-state index in [0.717, 1.165) is 0 Å². The van der Waals surface area contributed by atoms with E-state index in [0.29, 0.717) is 33.5 Å². The summed E-state index contributed by atoms with van der Waals surface area (Å²) in [6.07, 6.45) is 2.80. The predicted molar refractivity (Wildman–Crippen MR) is 119 cm³/mol. The first kappa shape index (κ1) is 21.5. The standard InChI is InChI=1S/C24H18N4O5/c1-32-18-5-6-22(19(11-18)15-3-2-4-16(9-15)24(30)31)33-8-7-28-14-27-21-13-26-17(12-25)10-20(21)23(28)29/h2-6,9-11,13-14H,7-8H2,1H3,(H,30,31). The minimum atomic E-state index is -1.03. The Balaban J connectivity index is 1.60. The summed E-state index contributed by atoms with van der Waals surface area (Å²) in [5, 5.41) is 18.6. The number of carboxylic acid groups (broad SMARTS) is 1. The van der Waals surface area contributed by atoms with Gasteiger partial charge in [0, 0.05) is 5.56 Å². The number of carbonyl (C=O) groups is 1. The summed E-state index contributed by atoms with van der Waals surface area (Å²) in [7, 11) is 1.54. The number of hydrogen-bond donors (Lipinski definition) is 1. The van der Waals surface area contributed by atoms with Crippen molar-refractivity contribution in [3.63, 3.8) is 0 Å². The van der Waals surface area contributed by atoms with Gasteiger partial charge >= 0.3 is 5.97 Å². The monoisotopic (exact) mass is 442 g/mol. The van der Waals surface area contributed by atoms with Crippen LogP contribution in [-0.2, 0) is 6.54 Å². The average molecular weight is 442 g/mol. The quantitative estimate of drug-likeness (QED) is 0.462. The molecule has 0 unspecified atom stereocenters. The maximum absolute atomic E-state index is 12.8. The maximum atomic E-state index is 12.8. The van der Waals surface area contributed by atoms with Gasteiger partial charge in [0.2, 0.25) is 0 Å². The molecule has 0 saturated heterocycles. The smallest absolute Gasteiger partial charge is 0.335 e. The molecule has 9 nitrogen and oxygen atoms in total. The summed E-state index contributed by atoms with van der Waals surface area (Å²) in [6, 6.07) is 15.1. The van der Waals surface area contributed by atoms with Crippen LogP contribution >= 0.6 is 0 Å². The Morgan fingerprint density at radius 2 is 2.03 bits per heavy atom. The lowest BCUT2D eigenvalue weighted by Gasteiger charge is -2.14. The van der Waals surface area contributed by atoms with Gasteiger partial charge in [0.05, 0.1) is 42.6 Å². The van der Waals surface area contributed by atoms with Gasteiger partial charge in [0.25, 0.3) is 5.56 Å². The lowest BCUT2D eigenvalue weighted by atomic mass is 10.0. The van der Waals surface area contributed by atoms with Gasteiger partial charge in [-0.3, -0.25) is 9.36 Å². The van der Waals surface area contributed by atoms with E-state index in [1.807, 2.05) is 6.07 Å². The van der Waals surface area contributed by atoms with Crippen LogP contribution in [0.4, 0.5) is 0 Å².